The molecule has 0 radical (unpaired) electrons. The van der Waals surface area contributed by atoms with Crippen LogP contribution < -0.4 is 5.56 Å². The first-order chi connectivity index (χ1) is 22.8. The predicted octanol–water partition coefficient (Wildman–Crippen LogP) is 8.52. The molecule has 266 valence electrons. The SMILES string of the molecule is Cc1cc(=O)n(C(CC(C)C)C(=O)C[C@@H](CC(=O)O)c2c(F)c(-c3c(C)cc(C4CC4)cc3C)cc(C(F)(F)F)c2F)cc1CCN(C)C. The van der Waals surface area contributed by atoms with Crippen molar-refractivity contribution in [2.24, 2.45) is 5.92 Å². The smallest absolute Gasteiger partial charge is 0.419 e. The van der Waals surface area contributed by atoms with Crippen molar-refractivity contribution in [3.8, 4) is 11.1 Å². The number of aliphatic carboxylic acids is 1. The number of aryl methyl sites for hydroxylation is 3. The minimum Gasteiger partial charge on any atom is -0.481 e. The minimum atomic E-state index is -5.24. The molecular weight excluding hydrogens is 643 g/mol. The fourth-order valence-corrected chi connectivity index (χ4v) is 6.73. The van der Waals surface area contributed by atoms with Crippen LogP contribution in [-0.4, -0.2) is 47.0 Å². The van der Waals surface area contributed by atoms with Gasteiger partial charge in [0.15, 0.2) is 5.78 Å². The van der Waals surface area contributed by atoms with Gasteiger partial charge >= 0.3 is 12.1 Å². The fourth-order valence-electron chi connectivity index (χ4n) is 6.73. The van der Waals surface area contributed by atoms with E-state index in [0.717, 1.165) is 29.5 Å². The van der Waals surface area contributed by atoms with Gasteiger partial charge in [-0.3, -0.25) is 14.4 Å². The lowest BCUT2D eigenvalue weighted by molar-refractivity contribution is -0.140. The van der Waals surface area contributed by atoms with E-state index in [1.54, 1.807) is 39.1 Å². The van der Waals surface area contributed by atoms with E-state index in [9.17, 15) is 32.7 Å². The van der Waals surface area contributed by atoms with Crippen molar-refractivity contribution in [3.63, 3.8) is 0 Å². The Bertz CT molecular complexity index is 1770. The van der Waals surface area contributed by atoms with E-state index in [0.29, 0.717) is 36.1 Å². The third-order valence-electron chi connectivity index (χ3n) is 9.32. The first-order valence-electron chi connectivity index (χ1n) is 16.6. The summed E-state index contributed by atoms with van der Waals surface area (Å²) >= 11 is 0. The van der Waals surface area contributed by atoms with Gasteiger partial charge in [0.25, 0.3) is 5.56 Å². The van der Waals surface area contributed by atoms with E-state index in [1.165, 1.54) is 10.6 Å². The average molecular weight is 689 g/mol. The molecule has 2 atom stereocenters. The number of carbonyl (C=O) groups is 2. The summed E-state index contributed by atoms with van der Waals surface area (Å²) in [6.07, 6.45) is -2.83. The lowest BCUT2D eigenvalue weighted by Crippen LogP contribution is -2.32. The van der Waals surface area contributed by atoms with Gasteiger partial charge in [-0.2, -0.15) is 13.2 Å². The number of hydrogen-bond acceptors (Lipinski definition) is 4. The highest BCUT2D eigenvalue weighted by molar-refractivity contribution is 5.84. The minimum absolute atomic E-state index is 0.136. The molecule has 1 heterocycles. The van der Waals surface area contributed by atoms with Gasteiger partial charge in [0.1, 0.15) is 11.6 Å². The number of Topliss-reactive ketones (excluding diaryl/α,β-unsaturated/α-hetero) is 1. The number of carboxylic acid groups (broad SMARTS) is 1. The summed E-state index contributed by atoms with van der Waals surface area (Å²) in [7, 11) is 3.78. The predicted molar refractivity (Wildman–Crippen MR) is 179 cm³/mol. The van der Waals surface area contributed by atoms with Gasteiger partial charge in [-0.1, -0.05) is 26.0 Å². The van der Waals surface area contributed by atoms with Gasteiger partial charge in [-0.15, -0.1) is 0 Å². The molecule has 0 bridgehead atoms. The maximum absolute atomic E-state index is 16.6. The van der Waals surface area contributed by atoms with Crippen molar-refractivity contribution in [1.29, 1.82) is 0 Å². The van der Waals surface area contributed by atoms with Crippen LogP contribution in [0.15, 0.2) is 35.3 Å². The quantitative estimate of drug-likeness (QED) is 0.172. The summed E-state index contributed by atoms with van der Waals surface area (Å²) < 4.78 is 77.0. The zero-order chi connectivity index (χ0) is 36.5. The molecule has 0 amide bonds. The second kappa shape index (κ2) is 14.9. The summed E-state index contributed by atoms with van der Waals surface area (Å²) in [4.78, 5) is 41.4. The van der Waals surface area contributed by atoms with E-state index in [2.05, 4.69) is 0 Å². The third-order valence-corrected chi connectivity index (χ3v) is 9.32. The Labute approximate surface area is 283 Å². The standard InChI is InChI=1S/C38H45F5N2O4/c1-20(2)12-30(45-19-25(10-11-44(6)7)21(3)15-32(45)47)31(46)16-27(17-33(48)49)35-36(39)28(18-29(37(35)40)38(41,42)43)34-22(4)13-26(14-23(34)5)24-8-9-24/h13-15,18-20,24,27,30H,8-12,16-17H2,1-7H3,(H,48,49)/t27-,30?/m0/s1. The molecule has 3 aromatic rings. The number of rotatable bonds is 14. The zero-order valence-electron chi connectivity index (χ0n) is 29.1. The van der Waals surface area contributed by atoms with Crippen LogP contribution in [0.25, 0.3) is 11.1 Å². The van der Waals surface area contributed by atoms with Crippen LogP contribution >= 0.6 is 0 Å². The normalized spacial score (nSPS) is 14.8. The van der Waals surface area contributed by atoms with E-state index in [-0.39, 0.29) is 17.9 Å². The van der Waals surface area contributed by atoms with Gasteiger partial charge in [0.05, 0.1) is 18.0 Å². The third kappa shape index (κ3) is 8.84. The van der Waals surface area contributed by atoms with Crippen molar-refractivity contribution < 1.29 is 36.6 Å². The molecule has 0 saturated heterocycles. The van der Waals surface area contributed by atoms with Crippen LogP contribution in [0.5, 0.6) is 0 Å². The summed E-state index contributed by atoms with van der Waals surface area (Å²) in [5.74, 6) is -7.14. The van der Waals surface area contributed by atoms with Crippen LogP contribution in [0.3, 0.4) is 0 Å². The van der Waals surface area contributed by atoms with Crippen molar-refractivity contribution in [3.05, 3.63) is 91.4 Å². The van der Waals surface area contributed by atoms with Gasteiger partial charge in [-0.05, 0) is 112 Å². The van der Waals surface area contributed by atoms with Crippen LogP contribution in [0.4, 0.5) is 22.0 Å². The summed E-state index contributed by atoms with van der Waals surface area (Å²) in [5.41, 5.74) is -0.183. The Balaban J connectivity index is 1.88. The number of alkyl halides is 3. The van der Waals surface area contributed by atoms with E-state index in [4.69, 9.17) is 0 Å². The fraction of sp³-hybridized carbons (Fsp3) is 0.500. The van der Waals surface area contributed by atoms with E-state index in [1.807, 2.05) is 32.8 Å². The number of hydrogen-bond donors (Lipinski definition) is 1. The Morgan fingerprint density at radius 3 is 2.08 bits per heavy atom. The molecule has 1 aromatic heterocycles. The highest BCUT2D eigenvalue weighted by Gasteiger charge is 2.40. The summed E-state index contributed by atoms with van der Waals surface area (Å²) in [6, 6.07) is 4.27. The molecule has 6 nitrogen and oxygen atoms in total. The van der Waals surface area contributed by atoms with Crippen molar-refractivity contribution in [2.45, 2.75) is 97.2 Å². The highest BCUT2D eigenvalue weighted by Crippen LogP contribution is 2.46. The number of benzene rings is 2. The monoisotopic (exact) mass is 688 g/mol. The van der Waals surface area contributed by atoms with E-state index >= 15 is 8.78 Å². The molecule has 1 aliphatic carbocycles. The topological polar surface area (TPSA) is 79.6 Å². The Morgan fingerprint density at radius 1 is 0.959 bits per heavy atom. The van der Waals surface area contributed by atoms with Gasteiger partial charge < -0.3 is 14.6 Å². The molecule has 1 saturated carbocycles. The zero-order valence-corrected chi connectivity index (χ0v) is 29.1. The first-order valence-corrected chi connectivity index (χ1v) is 16.6. The lowest BCUT2D eigenvalue weighted by atomic mass is 9.82. The summed E-state index contributed by atoms with van der Waals surface area (Å²) in [6.45, 7) is 9.35. The second-order valence-corrected chi connectivity index (χ2v) is 14.2. The molecule has 11 heteroatoms. The maximum atomic E-state index is 16.6. The summed E-state index contributed by atoms with van der Waals surface area (Å²) in [5, 5.41) is 9.81. The number of nitrogens with zero attached hydrogens (tertiary/aromatic N) is 2. The molecule has 1 unspecified atom stereocenters. The lowest BCUT2D eigenvalue weighted by Gasteiger charge is -2.26. The van der Waals surface area contributed by atoms with E-state index < -0.39 is 76.6 Å². The van der Waals surface area contributed by atoms with Crippen molar-refractivity contribution in [2.75, 3.05) is 20.6 Å². The molecular formula is C38H45F5N2O4. The number of carbonyl (C=O) groups excluding carboxylic acids is 1. The van der Waals surface area contributed by atoms with Gasteiger partial charge in [-0.25, -0.2) is 8.78 Å². The molecule has 1 fully saturated rings. The Hall–Kier alpha value is -3.86. The molecule has 0 spiro atoms. The Kier molecular flexibility index (Phi) is 11.6. The molecule has 4 rings (SSSR count). The van der Waals surface area contributed by atoms with Gasteiger partial charge in [0.2, 0.25) is 0 Å². The number of pyridine rings is 1. The number of aromatic nitrogens is 1. The second-order valence-electron chi connectivity index (χ2n) is 14.2. The highest BCUT2D eigenvalue weighted by atomic mass is 19.4. The first kappa shape index (κ1) is 38.0. The largest absolute Gasteiger partial charge is 0.481 e. The molecule has 0 aliphatic heterocycles. The number of likely N-dealkylation sites (N-methyl/N-ethyl adjacent to an activating group) is 1. The van der Waals surface area contributed by atoms with Crippen LogP contribution in [0.1, 0.15) is 103 Å². The Morgan fingerprint density at radius 2 is 1.57 bits per heavy atom. The van der Waals surface area contributed by atoms with Crippen LogP contribution in [0.2, 0.25) is 0 Å². The average Bonchev–Trinajstić information content (AvgIpc) is 3.81. The molecule has 2 aromatic carbocycles. The maximum Gasteiger partial charge on any atom is 0.419 e. The van der Waals surface area contributed by atoms with Crippen LogP contribution in [-0.2, 0) is 22.2 Å². The number of ketones is 1. The van der Waals surface area contributed by atoms with Crippen molar-refractivity contribution >= 4 is 11.8 Å². The molecule has 1 N–H and O–H groups in total. The number of carboxylic acids is 1. The molecule has 1 aliphatic rings. The van der Waals surface area contributed by atoms with Crippen LogP contribution in [0, 0.1) is 38.3 Å². The number of halogens is 5. The van der Waals surface area contributed by atoms with Gasteiger partial charge in [0, 0.05) is 42.3 Å². The molecule has 49 heavy (non-hydrogen) atoms. The van der Waals surface area contributed by atoms with Crippen molar-refractivity contribution in [1.82, 2.24) is 9.47 Å².